The van der Waals surface area contributed by atoms with Crippen molar-refractivity contribution in [2.75, 3.05) is 25.0 Å². The molecule has 0 aliphatic carbocycles. The van der Waals surface area contributed by atoms with E-state index in [2.05, 4.69) is 16.0 Å². The molecule has 116 valence electrons. The number of carbonyl (C=O) groups is 1. The fraction of sp³-hybridized carbons (Fsp3) is 0.412. The summed E-state index contributed by atoms with van der Waals surface area (Å²) in [6, 6.07) is 10.2. The van der Waals surface area contributed by atoms with Gasteiger partial charge in [-0.1, -0.05) is 12.1 Å². The van der Waals surface area contributed by atoms with Gasteiger partial charge >= 0.3 is 0 Å². The summed E-state index contributed by atoms with van der Waals surface area (Å²) < 4.78 is 0. The summed E-state index contributed by atoms with van der Waals surface area (Å²) >= 11 is 1.51. The summed E-state index contributed by atoms with van der Waals surface area (Å²) in [6.07, 6.45) is 2.14. The highest BCUT2D eigenvalue weighted by molar-refractivity contribution is 7.12. The van der Waals surface area contributed by atoms with Gasteiger partial charge in [0.25, 0.3) is 5.91 Å². The molecule has 5 heteroatoms. The Morgan fingerprint density at radius 2 is 2.23 bits per heavy atom. The van der Waals surface area contributed by atoms with Gasteiger partial charge in [0.05, 0.1) is 4.88 Å². The second-order valence-electron chi connectivity index (χ2n) is 5.77. The molecule has 1 aliphatic heterocycles. The smallest absolute Gasteiger partial charge is 0.263 e. The largest absolute Gasteiger partial charge is 0.355 e. The molecule has 1 aliphatic rings. The van der Waals surface area contributed by atoms with Gasteiger partial charge in [-0.2, -0.15) is 0 Å². The summed E-state index contributed by atoms with van der Waals surface area (Å²) in [5.41, 5.74) is 1.03. The van der Waals surface area contributed by atoms with Gasteiger partial charge in [0.1, 0.15) is 5.82 Å². The zero-order valence-electron chi connectivity index (χ0n) is 13.0. The lowest BCUT2D eigenvalue weighted by atomic mass is 10.0. The maximum absolute atomic E-state index is 12.5. The predicted molar refractivity (Wildman–Crippen MR) is 90.6 cm³/mol. The van der Waals surface area contributed by atoms with E-state index >= 15 is 0 Å². The number of thiophene rings is 1. The van der Waals surface area contributed by atoms with Crippen LogP contribution in [0.25, 0.3) is 0 Å². The second-order valence-corrected chi connectivity index (χ2v) is 6.72. The predicted octanol–water partition coefficient (Wildman–Crippen LogP) is 3.19. The van der Waals surface area contributed by atoms with Crippen molar-refractivity contribution < 1.29 is 4.79 Å². The molecule has 1 saturated heterocycles. The lowest BCUT2D eigenvalue weighted by Crippen LogP contribution is -2.48. The molecular formula is C17H21N3OS. The number of piperidine rings is 1. The van der Waals surface area contributed by atoms with Gasteiger partial charge < -0.3 is 9.80 Å². The lowest BCUT2D eigenvalue weighted by molar-refractivity contribution is 0.0722. The minimum atomic E-state index is 0.124. The number of rotatable bonds is 3. The summed E-state index contributed by atoms with van der Waals surface area (Å²) in [4.78, 5) is 22.1. The highest BCUT2D eigenvalue weighted by Crippen LogP contribution is 2.22. The first-order chi connectivity index (χ1) is 10.6. The van der Waals surface area contributed by atoms with E-state index in [4.69, 9.17) is 0 Å². The van der Waals surface area contributed by atoms with E-state index in [0.717, 1.165) is 42.3 Å². The fourth-order valence-corrected chi connectivity index (χ4v) is 3.63. The first-order valence-corrected chi connectivity index (χ1v) is 8.52. The first-order valence-electron chi connectivity index (χ1n) is 7.64. The fourth-order valence-electron chi connectivity index (χ4n) is 2.92. The molecule has 0 bridgehead atoms. The first kappa shape index (κ1) is 15.0. The molecule has 0 radical (unpaired) electrons. The van der Waals surface area contributed by atoms with Gasteiger partial charge in [0.2, 0.25) is 0 Å². The van der Waals surface area contributed by atoms with E-state index in [1.165, 1.54) is 11.3 Å². The molecule has 3 heterocycles. The van der Waals surface area contributed by atoms with Gasteiger partial charge in [-0.05, 0) is 43.3 Å². The molecule has 1 atom stereocenters. The van der Waals surface area contributed by atoms with Crippen LogP contribution in [-0.2, 0) is 0 Å². The Balaban J connectivity index is 1.71. The van der Waals surface area contributed by atoms with Crippen LogP contribution in [-0.4, -0.2) is 42.0 Å². The molecule has 1 amide bonds. The van der Waals surface area contributed by atoms with Gasteiger partial charge in [0.15, 0.2) is 0 Å². The van der Waals surface area contributed by atoms with Crippen molar-refractivity contribution in [3.8, 4) is 0 Å². The Labute approximate surface area is 135 Å². The molecule has 4 nitrogen and oxygen atoms in total. The van der Waals surface area contributed by atoms with E-state index in [1.807, 2.05) is 48.5 Å². The summed E-state index contributed by atoms with van der Waals surface area (Å²) in [7, 11) is 1.92. The number of carbonyl (C=O) groups excluding carboxylic acids is 1. The van der Waals surface area contributed by atoms with Crippen molar-refractivity contribution in [1.82, 2.24) is 9.88 Å². The molecule has 3 rings (SSSR count). The van der Waals surface area contributed by atoms with Crippen LogP contribution in [0.2, 0.25) is 0 Å². The Morgan fingerprint density at radius 3 is 2.95 bits per heavy atom. The zero-order chi connectivity index (χ0) is 15.5. The van der Waals surface area contributed by atoms with Crippen LogP contribution in [0.5, 0.6) is 0 Å². The van der Waals surface area contributed by atoms with E-state index in [1.54, 1.807) is 0 Å². The van der Waals surface area contributed by atoms with E-state index in [0.29, 0.717) is 0 Å². The van der Waals surface area contributed by atoms with E-state index < -0.39 is 0 Å². The molecular weight excluding hydrogens is 294 g/mol. The maximum Gasteiger partial charge on any atom is 0.263 e. The molecule has 2 aromatic rings. The quantitative estimate of drug-likeness (QED) is 0.873. The lowest BCUT2D eigenvalue weighted by Gasteiger charge is -2.38. The van der Waals surface area contributed by atoms with Crippen molar-refractivity contribution in [1.29, 1.82) is 0 Å². The number of likely N-dealkylation sites (N-methyl/N-ethyl adjacent to an activating group) is 1. The highest BCUT2D eigenvalue weighted by Gasteiger charge is 2.27. The Morgan fingerprint density at radius 1 is 1.36 bits per heavy atom. The molecule has 0 spiro atoms. The van der Waals surface area contributed by atoms with Crippen molar-refractivity contribution in [3.63, 3.8) is 0 Å². The van der Waals surface area contributed by atoms with E-state index in [-0.39, 0.29) is 11.9 Å². The number of nitrogens with zero attached hydrogens (tertiary/aromatic N) is 3. The number of aromatic nitrogens is 1. The van der Waals surface area contributed by atoms with Gasteiger partial charge in [0, 0.05) is 31.9 Å². The molecule has 1 fully saturated rings. The van der Waals surface area contributed by atoms with Gasteiger partial charge in [-0.15, -0.1) is 11.3 Å². The van der Waals surface area contributed by atoms with Crippen molar-refractivity contribution in [3.05, 3.63) is 46.3 Å². The van der Waals surface area contributed by atoms with Crippen molar-refractivity contribution in [2.45, 2.75) is 25.8 Å². The molecule has 22 heavy (non-hydrogen) atoms. The molecule has 0 N–H and O–H groups in total. The van der Waals surface area contributed by atoms with Gasteiger partial charge in [-0.3, -0.25) is 4.79 Å². The Kier molecular flexibility index (Phi) is 4.43. The van der Waals surface area contributed by atoms with Crippen LogP contribution < -0.4 is 4.90 Å². The zero-order valence-corrected chi connectivity index (χ0v) is 13.8. The number of anilines is 1. The number of hydrogen-bond acceptors (Lipinski definition) is 4. The Bertz CT molecular complexity index is 641. The summed E-state index contributed by atoms with van der Waals surface area (Å²) in [5, 5.41) is 1.95. The van der Waals surface area contributed by atoms with E-state index in [9.17, 15) is 4.79 Å². The van der Waals surface area contributed by atoms with Crippen LogP contribution >= 0.6 is 11.3 Å². The average Bonchev–Trinajstić information content (AvgIpc) is 3.08. The second kappa shape index (κ2) is 6.48. The molecule has 2 aromatic heterocycles. The standard InChI is InChI=1S/C17H21N3OS/c1-13-6-3-9-16(18-13)20-10-4-7-14(12-20)19(2)17(21)15-8-5-11-22-15/h3,5-6,8-9,11,14H,4,7,10,12H2,1-2H3/t14-/m0/s1. The third-order valence-electron chi connectivity index (χ3n) is 4.19. The Hall–Kier alpha value is -1.88. The minimum Gasteiger partial charge on any atom is -0.355 e. The minimum absolute atomic E-state index is 0.124. The van der Waals surface area contributed by atoms with Crippen molar-refractivity contribution >= 4 is 23.1 Å². The molecule has 0 saturated carbocycles. The normalized spacial score (nSPS) is 18.3. The highest BCUT2D eigenvalue weighted by atomic mass is 32.1. The summed E-state index contributed by atoms with van der Waals surface area (Å²) in [5.74, 6) is 1.14. The van der Waals surface area contributed by atoms with Gasteiger partial charge in [-0.25, -0.2) is 4.98 Å². The third kappa shape index (κ3) is 3.14. The van der Waals surface area contributed by atoms with Crippen LogP contribution in [0.15, 0.2) is 35.7 Å². The number of pyridine rings is 1. The number of aryl methyl sites for hydroxylation is 1. The van der Waals surface area contributed by atoms with Crippen LogP contribution in [0.3, 0.4) is 0 Å². The SMILES string of the molecule is Cc1cccc(N2CCC[C@H](N(C)C(=O)c3cccs3)C2)n1. The topological polar surface area (TPSA) is 36.4 Å². The molecule has 0 aromatic carbocycles. The maximum atomic E-state index is 12.5. The molecule has 0 unspecified atom stereocenters. The van der Waals surface area contributed by atoms with Crippen LogP contribution in [0, 0.1) is 6.92 Å². The van der Waals surface area contributed by atoms with Crippen LogP contribution in [0.4, 0.5) is 5.82 Å². The third-order valence-corrected chi connectivity index (χ3v) is 5.05. The van der Waals surface area contributed by atoms with Crippen molar-refractivity contribution in [2.24, 2.45) is 0 Å². The number of hydrogen-bond donors (Lipinski definition) is 0. The van der Waals surface area contributed by atoms with Crippen LogP contribution in [0.1, 0.15) is 28.2 Å². The summed E-state index contributed by atoms with van der Waals surface area (Å²) in [6.45, 7) is 3.87. The monoisotopic (exact) mass is 315 g/mol. The number of amides is 1. The average molecular weight is 315 g/mol.